The summed E-state index contributed by atoms with van der Waals surface area (Å²) in [5.41, 5.74) is 0.385. The van der Waals surface area contributed by atoms with Crippen molar-refractivity contribution in [2.45, 2.75) is 19.1 Å². The van der Waals surface area contributed by atoms with E-state index in [1.807, 2.05) is 6.92 Å². The first-order valence-electron chi connectivity index (χ1n) is 6.54. The highest BCUT2D eigenvalue weighted by Crippen LogP contribution is 2.34. The molecule has 0 saturated carbocycles. The van der Waals surface area contributed by atoms with E-state index in [0.29, 0.717) is 24.5 Å². The molecule has 1 amide bonds. The van der Waals surface area contributed by atoms with Crippen LogP contribution in [0.15, 0.2) is 12.1 Å². The van der Waals surface area contributed by atoms with E-state index in [9.17, 15) is 9.90 Å². The average molecular weight is 334 g/mol. The van der Waals surface area contributed by atoms with Crippen molar-refractivity contribution >= 4 is 29.1 Å². The van der Waals surface area contributed by atoms with E-state index < -0.39 is 0 Å². The highest BCUT2D eigenvalue weighted by molar-refractivity contribution is 6.37. The molecular formula is C14H17Cl2NO4. The van der Waals surface area contributed by atoms with Gasteiger partial charge in [0.05, 0.1) is 42.5 Å². The molecule has 0 bridgehead atoms. The van der Waals surface area contributed by atoms with Crippen LogP contribution in [0, 0.1) is 0 Å². The summed E-state index contributed by atoms with van der Waals surface area (Å²) in [7, 11) is 1.46. The second kappa shape index (κ2) is 6.83. The fourth-order valence-electron chi connectivity index (χ4n) is 2.26. The van der Waals surface area contributed by atoms with Gasteiger partial charge in [-0.15, -0.1) is 0 Å². The van der Waals surface area contributed by atoms with E-state index in [1.165, 1.54) is 19.2 Å². The topological polar surface area (TPSA) is 59.0 Å². The molecule has 1 aromatic rings. The van der Waals surface area contributed by atoms with Crippen molar-refractivity contribution in [1.82, 2.24) is 4.90 Å². The number of morpholine rings is 1. The van der Waals surface area contributed by atoms with Crippen LogP contribution in [0.5, 0.6) is 5.75 Å². The molecule has 1 N–H and O–H groups in total. The third-order valence-electron chi connectivity index (χ3n) is 3.42. The van der Waals surface area contributed by atoms with Crippen molar-refractivity contribution in [3.63, 3.8) is 0 Å². The smallest absolute Gasteiger partial charge is 0.254 e. The number of halogens is 2. The second-order valence-electron chi connectivity index (χ2n) is 4.92. The Morgan fingerprint density at radius 2 is 2.10 bits per heavy atom. The van der Waals surface area contributed by atoms with E-state index in [2.05, 4.69) is 0 Å². The van der Waals surface area contributed by atoms with Crippen LogP contribution in [0.25, 0.3) is 0 Å². The molecular weight excluding hydrogens is 317 g/mol. The SMILES string of the molecule is COc1c(Cl)cc(C(=O)N2CC(CO)OCC2C)cc1Cl. The number of hydrogen-bond donors (Lipinski definition) is 1. The van der Waals surface area contributed by atoms with Gasteiger partial charge in [0.15, 0.2) is 5.75 Å². The van der Waals surface area contributed by atoms with Gasteiger partial charge in [0.1, 0.15) is 0 Å². The van der Waals surface area contributed by atoms with Gasteiger partial charge in [0.2, 0.25) is 0 Å². The molecule has 7 heteroatoms. The highest BCUT2D eigenvalue weighted by atomic mass is 35.5. The van der Waals surface area contributed by atoms with Gasteiger partial charge in [-0.3, -0.25) is 4.79 Å². The molecule has 0 radical (unpaired) electrons. The number of nitrogens with zero attached hydrogens (tertiary/aromatic N) is 1. The number of ether oxygens (including phenoxy) is 2. The van der Waals surface area contributed by atoms with Crippen LogP contribution in [0.3, 0.4) is 0 Å². The fraction of sp³-hybridized carbons (Fsp3) is 0.500. The lowest BCUT2D eigenvalue weighted by atomic mass is 10.1. The molecule has 21 heavy (non-hydrogen) atoms. The van der Waals surface area contributed by atoms with Gasteiger partial charge in [0.25, 0.3) is 5.91 Å². The summed E-state index contributed by atoms with van der Waals surface area (Å²) in [6.45, 7) is 2.48. The molecule has 5 nitrogen and oxygen atoms in total. The van der Waals surface area contributed by atoms with Crippen molar-refractivity contribution in [3.8, 4) is 5.75 Å². The summed E-state index contributed by atoms with van der Waals surface area (Å²) in [6, 6.07) is 2.98. The number of carbonyl (C=O) groups excluding carboxylic acids is 1. The van der Waals surface area contributed by atoms with Crippen LogP contribution in [0.2, 0.25) is 10.0 Å². The maximum absolute atomic E-state index is 12.6. The molecule has 0 aromatic heterocycles. The zero-order valence-electron chi connectivity index (χ0n) is 11.8. The number of aliphatic hydroxyl groups is 1. The number of rotatable bonds is 3. The summed E-state index contributed by atoms with van der Waals surface area (Å²) >= 11 is 12.1. The van der Waals surface area contributed by atoms with Crippen LogP contribution in [-0.2, 0) is 4.74 Å². The Labute approximate surface area is 133 Å². The summed E-state index contributed by atoms with van der Waals surface area (Å²) in [5.74, 6) is 0.147. The molecule has 1 saturated heterocycles. The fourth-order valence-corrected chi connectivity index (χ4v) is 2.90. The molecule has 1 heterocycles. The predicted octanol–water partition coefficient (Wildman–Crippen LogP) is 2.22. The summed E-state index contributed by atoms with van der Waals surface area (Å²) < 4.78 is 10.5. The van der Waals surface area contributed by atoms with Gasteiger partial charge in [0, 0.05) is 12.1 Å². The van der Waals surface area contributed by atoms with Crippen LogP contribution >= 0.6 is 23.2 Å². The summed E-state index contributed by atoms with van der Waals surface area (Å²) in [6.07, 6.45) is -0.366. The van der Waals surface area contributed by atoms with Gasteiger partial charge in [-0.05, 0) is 19.1 Å². The standard InChI is InChI=1S/C14H17Cl2NO4/c1-8-7-21-10(6-18)5-17(8)14(19)9-3-11(15)13(20-2)12(16)4-9/h3-4,8,10,18H,5-7H2,1-2H3. The molecule has 2 unspecified atom stereocenters. The molecule has 2 rings (SSSR count). The Bertz CT molecular complexity index is 515. The number of methoxy groups -OCH3 is 1. The van der Waals surface area contributed by atoms with Crippen LogP contribution < -0.4 is 4.74 Å². The normalized spacial score (nSPS) is 22.2. The molecule has 116 valence electrons. The van der Waals surface area contributed by atoms with Crippen LogP contribution in [0.4, 0.5) is 0 Å². The first-order chi connectivity index (χ1) is 9.97. The van der Waals surface area contributed by atoms with Gasteiger partial charge in [-0.25, -0.2) is 0 Å². The monoisotopic (exact) mass is 333 g/mol. The number of benzene rings is 1. The van der Waals surface area contributed by atoms with E-state index in [1.54, 1.807) is 4.90 Å². The Morgan fingerprint density at radius 1 is 1.48 bits per heavy atom. The minimum Gasteiger partial charge on any atom is -0.494 e. The molecule has 1 fully saturated rings. The van der Waals surface area contributed by atoms with Crippen LogP contribution in [-0.4, -0.2) is 54.9 Å². The first-order valence-corrected chi connectivity index (χ1v) is 7.30. The summed E-state index contributed by atoms with van der Waals surface area (Å²) in [4.78, 5) is 14.3. The van der Waals surface area contributed by atoms with E-state index >= 15 is 0 Å². The number of amides is 1. The van der Waals surface area contributed by atoms with Gasteiger partial charge >= 0.3 is 0 Å². The maximum atomic E-state index is 12.6. The highest BCUT2D eigenvalue weighted by Gasteiger charge is 2.30. The molecule has 1 aromatic carbocycles. The lowest BCUT2D eigenvalue weighted by Gasteiger charge is -2.37. The van der Waals surface area contributed by atoms with E-state index in [-0.39, 0.29) is 34.7 Å². The third-order valence-corrected chi connectivity index (χ3v) is 3.98. The second-order valence-corrected chi connectivity index (χ2v) is 5.73. The van der Waals surface area contributed by atoms with Crippen molar-refractivity contribution in [1.29, 1.82) is 0 Å². The van der Waals surface area contributed by atoms with Gasteiger partial charge in [-0.1, -0.05) is 23.2 Å². The molecule has 2 atom stereocenters. The summed E-state index contributed by atoms with van der Waals surface area (Å²) in [5, 5.41) is 9.75. The molecule has 1 aliphatic heterocycles. The van der Waals surface area contributed by atoms with Crippen molar-refractivity contribution in [2.24, 2.45) is 0 Å². The zero-order valence-corrected chi connectivity index (χ0v) is 13.3. The maximum Gasteiger partial charge on any atom is 0.254 e. The molecule has 1 aliphatic rings. The Kier molecular flexibility index (Phi) is 5.32. The Morgan fingerprint density at radius 3 is 2.62 bits per heavy atom. The first kappa shape index (κ1) is 16.4. The molecule has 0 aliphatic carbocycles. The minimum absolute atomic E-state index is 0.0834. The van der Waals surface area contributed by atoms with E-state index in [0.717, 1.165) is 0 Å². The Balaban J connectivity index is 2.26. The van der Waals surface area contributed by atoms with Crippen LogP contribution in [0.1, 0.15) is 17.3 Å². The minimum atomic E-state index is -0.366. The predicted molar refractivity (Wildman–Crippen MR) is 80.3 cm³/mol. The largest absolute Gasteiger partial charge is 0.494 e. The zero-order chi connectivity index (χ0) is 15.6. The van der Waals surface area contributed by atoms with Gasteiger partial charge < -0.3 is 19.5 Å². The van der Waals surface area contributed by atoms with Crippen molar-refractivity contribution in [3.05, 3.63) is 27.7 Å². The number of aliphatic hydroxyl groups excluding tert-OH is 1. The lowest BCUT2D eigenvalue weighted by Crippen LogP contribution is -2.52. The third kappa shape index (κ3) is 3.43. The van der Waals surface area contributed by atoms with E-state index in [4.69, 9.17) is 32.7 Å². The quantitative estimate of drug-likeness (QED) is 0.921. The van der Waals surface area contributed by atoms with Crippen molar-refractivity contribution < 1.29 is 19.4 Å². The average Bonchev–Trinajstić information content (AvgIpc) is 2.46. The van der Waals surface area contributed by atoms with Gasteiger partial charge in [-0.2, -0.15) is 0 Å². The van der Waals surface area contributed by atoms with Crippen molar-refractivity contribution in [2.75, 3.05) is 26.9 Å². The number of carbonyl (C=O) groups is 1. The lowest BCUT2D eigenvalue weighted by molar-refractivity contribution is -0.0667. The Hall–Kier alpha value is -1.01. The molecule has 0 spiro atoms. The number of hydrogen-bond acceptors (Lipinski definition) is 4.